The molecule has 0 bridgehead atoms. The average Bonchev–Trinajstić information content (AvgIpc) is 2.74. The number of hydrogen-bond donors (Lipinski definition) is 0. The Balaban J connectivity index is 2.10. The lowest BCUT2D eigenvalue weighted by atomic mass is 10.1. The van der Waals surface area contributed by atoms with Gasteiger partial charge in [-0.05, 0) is 36.3 Å². The van der Waals surface area contributed by atoms with Crippen LogP contribution in [-0.4, -0.2) is 32.8 Å². The Hall–Kier alpha value is -1.79. The molecule has 0 amide bonds. The second kappa shape index (κ2) is 12.6. The first-order chi connectivity index (χ1) is 13.7. The first kappa shape index (κ1) is 22.5. The topological polar surface area (TPSA) is 31.6 Å². The maximum absolute atomic E-state index is 5.44. The van der Waals surface area contributed by atoms with Gasteiger partial charge in [-0.25, -0.2) is 0 Å². The van der Waals surface area contributed by atoms with Crippen molar-refractivity contribution in [3.63, 3.8) is 0 Å². The third-order valence-electron chi connectivity index (χ3n) is 4.11. The van der Waals surface area contributed by atoms with Crippen LogP contribution in [0.5, 0.6) is 17.2 Å². The number of ether oxygens (including phenoxy) is 3. The lowest BCUT2D eigenvalue weighted by molar-refractivity contribution is -0.698. The van der Waals surface area contributed by atoms with E-state index < -0.39 is 0 Å². The number of nitrogens with zero attached hydrogens (tertiary/aromatic N) is 1. The molecule has 0 saturated heterocycles. The molecule has 152 valence electrons. The van der Waals surface area contributed by atoms with Crippen LogP contribution in [0.4, 0.5) is 0 Å². The van der Waals surface area contributed by atoms with Crippen LogP contribution < -0.4 is 18.8 Å². The summed E-state index contributed by atoms with van der Waals surface area (Å²) in [6.45, 7) is 3.23. The predicted octanol–water partition coefficient (Wildman–Crippen LogP) is 5.35. The van der Waals surface area contributed by atoms with Crippen LogP contribution in [0.3, 0.4) is 0 Å². The zero-order valence-electron chi connectivity index (χ0n) is 17.1. The van der Waals surface area contributed by atoms with Gasteiger partial charge >= 0.3 is 0 Å². The zero-order valence-corrected chi connectivity index (χ0v) is 18.8. The Morgan fingerprint density at radius 3 is 2.29 bits per heavy atom. The lowest BCUT2D eigenvalue weighted by Gasteiger charge is -2.12. The van der Waals surface area contributed by atoms with E-state index in [1.807, 2.05) is 33.7 Å². The number of rotatable bonds is 12. The number of pyridine rings is 1. The standard InChI is InChI=1S/C22H30NO3S2/c1-5-14-27-28-15-8-13-23-12-7-6-9-19(23)11-10-18-16-20(24-2)22(26-4)21(17-18)25-3/h6-7,9-12,16-17H,5,8,13-15H2,1-4H3/q+1/b11-10+. The van der Waals surface area contributed by atoms with Gasteiger partial charge in [0.1, 0.15) is 6.54 Å². The Morgan fingerprint density at radius 2 is 1.64 bits per heavy atom. The van der Waals surface area contributed by atoms with Crippen molar-refractivity contribution in [1.29, 1.82) is 0 Å². The van der Waals surface area contributed by atoms with E-state index in [9.17, 15) is 0 Å². The van der Waals surface area contributed by atoms with E-state index in [1.165, 1.54) is 23.6 Å². The van der Waals surface area contributed by atoms with Crippen LogP contribution >= 0.6 is 21.6 Å². The van der Waals surface area contributed by atoms with E-state index in [2.05, 4.69) is 48.0 Å². The van der Waals surface area contributed by atoms with Gasteiger partial charge in [0, 0.05) is 36.1 Å². The van der Waals surface area contributed by atoms with Crippen molar-refractivity contribution in [3.8, 4) is 17.2 Å². The zero-order chi connectivity index (χ0) is 20.2. The molecular formula is C22H30NO3S2+. The van der Waals surface area contributed by atoms with Crippen LogP contribution in [0.25, 0.3) is 12.2 Å². The van der Waals surface area contributed by atoms with Crippen LogP contribution in [0.2, 0.25) is 0 Å². The summed E-state index contributed by atoms with van der Waals surface area (Å²) in [5, 5.41) is 0. The van der Waals surface area contributed by atoms with Crippen molar-refractivity contribution in [2.75, 3.05) is 32.8 Å². The molecule has 0 radical (unpaired) electrons. The molecule has 1 aromatic heterocycles. The van der Waals surface area contributed by atoms with Crippen LogP contribution in [0.15, 0.2) is 36.5 Å². The van der Waals surface area contributed by atoms with E-state index in [1.54, 1.807) is 21.3 Å². The molecule has 2 aromatic rings. The summed E-state index contributed by atoms with van der Waals surface area (Å²) in [6.07, 6.45) is 8.72. The number of aromatic nitrogens is 1. The molecule has 0 spiro atoms. The summed E-state index contributed by atoms with van der Waals surface area (Å²) in [6, 6.07) is 10.2. The minimum absolute atomic E-state index is 0.607. The van der Waals surface area contributed by atoms with Crippen molar-refractivity contribution in [3.05, 3.63) is 47.8 Å². The normalized spacial score (nSPS) is 11.0. The molecule has 0 saturated carbocycles. The predicted molar refractivity (Wildman–Crippen MR) is 121 cm³/mol. The molecule has 2 rings (SSSR count). The number of aryl methyl sites for hydroxylation is 1. The highest BCUT2D eigenvalue weighted by molar-refractivity contribution is 8.76. The summed E-state index contributed by atoms with van der Waals surface area (Å²) in [5.74, 6) is 4.32. The van der Waals surface area contributed by atoms with E-state index >= 15 is 0 Å². The SMILES string of the molecule is CCCSSCCC[n+]1ccccc1/C=C/c1cc(OC)c(OC)c(OC)c1. The van der Waals surface area contributed by atoms with Crippen LogP contribution in [0, 0.1) is 0 Å². The summed E-state index contributed by atoms with van der Waals surface area (Å²) in [7, 11) is 8.82. The first-order valence-electron chi connectivity index (χ1n) is 9.44. The Bertz CT molecular complexity index is 740. The number of methoxy groups -OCH3 is 3. The quantitative estimate of drug-likeness (QED) is 0.262. The molecule has 0 unspecified atom stereocenters. The van der Waals surface area contributed by atoms with Crippen molar-refractivity contribution < 1.29 is 18.8 Å². The van der Waals surface area contributed by atoms with E-state index in [4.69, 9.17) is 14.2 Å². The number of benzene rings is 1. The minimum Gasteiger partial charge on any atom is -0.493 e. The Kier molecular flexibility index (Phi) is 10.1. The van der Waals surface area contributed by atoms with Crippen molar-refractivity contribution in [1.82, 2.24) is 0 Å². The average molecular weight is 421 g/mol. The third kappa shape index (κ3) is 6.67. The first-order valence-corrected chi connectivity index (χ1v) is 11.9. The van der Waals surface area contributed by atoms with Gasteiger partial charge in [-0.2, -0.15) is 4.57 Å². The van der Waals surface area contributed by atoms with Gasteiger partial charge in [0.15, 0.2) is 17.7 Å². The summed E-state index contributed by atoms with van der Waals surface area (Å²) >= 11 is 0. The molecule has 0 fully saturated rings. The highest BCUT2D eigenvalue weighted by Crippen LogP contribution is 2.38. The van der Waals surface area contributed by atoms with Gasteiger partial charge in [0.25, 0.3) is 0 Å². The molecule has 6 heteroatoms. The summed E-state index contributed by atoms with van der Waals surface area (Å²) in [5.41, 5.74) is 2.17. The highest BCUT2D eigenvalue weighted by atomic mass is 33.1. The monoisotopic (exact) mass is 420 g/mol. The lowest BCUT2D eigenvalue weighted by Crippen LogP contribution is -2.36. The van der Waals surface area contributed by atoms with E-state index in [0.29, 0.717) is 17.2 Å². The second-order valence-corrected chi connectivity index (χ2v) is 8.81. The van der Waals surface area contributed by atoms with E-state index in [0.717, 1.165) is 18.5 Å². The van der Waals surface area contributed by atoms with Gasteiger partial charge < -0.3 is 14.2 Å². The fourth-order valence-electron chi connectivity index (χ4n) is 2.72. The molecule has 0 aliphatic carbocycles. The summed E-state index contributed by atoms with van der Waals surface area (Å²) in [4.78, 5) is 0. The summed E-state index contributed by atoms with van der Waals surface area (Å²) < 4.78 is 18.6. The second-order valence-electron chi connectivity index (χ2n) is 6.11. The molecule has 0 aliphatic heterocycles. The van der Waals surface area contributed by atoms with Crippen molar-refractivity contribution >= 4 is 33.7 Å². The molecule has 28 heavy (non-hydrogen) atoms. The van der Waals surface area contributed by atoms with Gasteiger partial charge in [-0.1, -0.05) is 28.5 Å². The largest absolute Gasteiger partial charge is 0.493 e. The molecule has 0 aliphatic rings. The van der Waals surface area contributed by atoms with Gasteiger partial charge in [-0.3, -0.25) is 0 Å². The fourth-order valence-corrected chi connectivity index (χ4v) is 4.93. The van der Waals surface area contributed by atoms with Crippen molar-refractivity contribution in [2.24, 2.45) is 0 Å². The maximum Gasteiger partial charge on any atom is 0.205 e. The van der Waals surface area contributed by atoms with Crippen LogP contribution in [-0.2, 0) is 6.54 Å². The molecular weight excluding hydrogens is 390 g/mol. The molecule has 1 aromatic carbocycles. The van der Waals surface area contributed by atoms with Crippen LogP contribution in [0.1, 0.15) is 31.0 Å². The molecule has 1 heterocycles. The Morgan fingerprint density at radius 1 is 0.929 bits per heavy atom. The molecule has 4 nitrogen and oxygen atoms in total. The molecule has 0 atom stereocenters. The Labute approximate surface area is 176 Å². The minimum atomic E-state index is 0.607. The van der Waals surface area contributed by atoms with Crippen molar-refractivity contribution in [2.45, 2.75) is 26.3 Å². The third-order valence-corrected chi connectivity index (χ3v) is 6.80. The van der Waals surface area contributed by atoms with E-state index in [-0.39, 0.29) is 0 Å². The van der Waals surface area contributed by atoms with Gasteiger partial charge in [-0.15, -0.1) is 0 Å². The number of hydrogen-bond acceptors (Lipinski definition) is 5. The fraction of sp³-hybridized carbons (Fsp3) is 0.409. The van der Waals surface area contributed by atoms with Gasteiger partial charge in [0.05, 0.1) is 21.3 Å². The smallest absolute Gasteiger partial charge is 0.205 e. The highest BCUT2D eigenvalue weighted by Gasteiger charge is 2.12. The van der Waals surface area contributed by atoms with Gasteiger partial charge in [0.2, 0.25) is 11.4 Å². The maximum atomic E-state index is 5.44. The molecule has 0 N–H and O–H groups in total.